The van der Waals surface area contributed by atoms with Gasteiger partial charge in [-0.3, -0.25) is 0 Å². The molecule has 0 amide bonds. The van der Waals surface area contributed by atoms with Gasteiger partial charge in [0.25, 0.3) is 0 Å². The topological polar surface area (TPSA) is 30.7 Å². The van der Waals surface area contributed by atoms with Crippen LogP contribution in [0.5, 0.6) is 0 Å². The minimum atomic E-state index is -0.0935. The maximum absolute atomic E-state index is 5.18. The van der Waals surface area contributed by atoms with E-state index < -0.39 is 0 Å². The molecule has 62 heavy (non-hydrogen) atoms. The summed E-state index contributed by atoms with van der Waals surface area (Å²) in [5.74, 6) is 0.704. The molecule has 3 nitrogen and oxygen atoms in total. The normalized spacial score (nSPS) is 12.8. The van der Waals surface area contributed by atoms with Crippen molar-refractivity contribution in [3.05, 3.63) is 223 Å². The summed E-state index contributed by atoms with van der Waals surface area (Å²) in [5.41, 5.74) is 18.5. The van der Waals surface area contributed by atoms with E-state index in [2.05, 4.69) is 213 Å². The van der Waals surface area contributed by atoms with Crippen molar-refractivity contribution in [1.82, 2.24) is 14.5 Å². The number of hydrogen-bond donors (Lipinski definition) is 0. The summed E-state index contributed by atoms with van der Waals surface area (Å²) in [4.78, 5) is 10.4. The zero-order valence-electron chi connectivity index (χ0n) is 34.5. The molecule has 0 saturated heterocycles. The van der Waals surface area contributed by atoms with Crippen LogP contribution in [-0.4, -0.2) is 14.5 Å². The number of nitrogens with zero attached hydrogens (tertiary/aromatic N) is 3. The van der Waals surface area contributed by atoms with E-state index in [-0.39, 0.29) is 5.41 Å². The lowest BCUT2D eigenvalue weighted by molar-refractivity contribution is 0.661. The molecule has 0 atom stereocenters. The first-order chi connectivity index (χ1) is 30.5. The zero-order chi connectivity index (χ0) is 41.4. The smallest absolute Gasteiger partial charge is 0.160 e. The molecule has 3 heteroatoms. The number of rotatable bonds is 6. The molecule has 1 aliphatic carbocycles. The largest absolute Gasteiger partial charge is 0.309 e. The summed E-state index contributed by atoms with van der Waals surface area (Å²) in [7, 11) is 0. The SMILES string of the molecule is CC1(C)c2cc3ccccc3cc2-c2c(-c3ccc(-c4cc(-c5ccc(-c6ccccc6-n6c7ccccc7c7ccccc76)cc5)nc(-c5ccccc5)n4)cc3)cccc21. The highest BCUT2D eigenvalue weighted by molar-refractivity contribution is 6.09. The van der Waals surface area contributed by atoms with Crippen LogP contribution in [0, 0.1) is 0 Å². The third-order valence-electron chi connectivity index (χ3n) is 13.0. The van der Waals surface area contributed by atoms with Gasteiger partial charge in [-0.15, -0.1) is 0 Å². The molecular formula is C59H41N3. The molecule has 0 saturated carbocycles. The molecule has 9 aromatic carbocycles. The van der Waals surface area contributed by atoms with Crippen molar-refractivity contribution in [3.8, 4) is 73.0 Å². The fourth-order valence-corrected chi connectivity index (χ4v) is 9.91. The molecule has 0 N–H and O–H groups in total. The highest BCUT2D eigenvalue weighted by Gasteiger charge is 2.37. The molecule has 12 rings (SSSR count). The van der Waals surface area contributed by atoms with Gasteiger partial charge in [0.1, 0.15) is 0 Å². The van der Waals surface area contributed by atoms with Crippen LogP contribution in [0.4, 0.5) is 0 Å². The summed E-state index contributed by atoms with van der Waals surface area (Å²) in [6.45, 7) is 4.71. The fourth-order valence-electron chi connectivity index (χ4n) is 9.91. The van der Waals surface area contributed by atoms with Gasteiger partial charge >= 0.3 is 0 Å². The molecule has 11 aromatic rings. The molecule has 292 valence electrons. The van der Waals surface area contributed by atoms with Crippen molar-refractivity contribution < 1.29 is 0 Å². The van der Waals surface area contributed by atoms with Gasteiger partial charge in [-0.2, -0.15) is 0 Å². The first-order valence-corrected chi connectivity index (χ1v) is 21.4. The van der Waals surface area contributed by atoms with E-state index in [4.69, 9.17) is 9.97 Å². The van der Waals surface area contributed by atoms with Crippen LogP contribution in [0.15, 0.2) is 212 Å². The van der Waals surface area contributed by atoms with Gasteiger partial charge in [0, 0.05) is 38.4 Å². The minimum absolute atomic E-state index is 0.0935. The Morgan fingerprint density at radius 3 is 1.55 bits per heavy atom. The van der Waals surface area contributed by atoms with Gasteiger partial charge < -0.3 is 4.57 Å². The molecule has 1 aliphatic rings. The Hall–Kier alpha value is -7.88. The van der Waals surface area contributed by atoms with Gasteiger partial charge in [-0.25, -0.2) is 9.97 Å². The van der Waals surface area contributed by atoms with Crippen LogP contribution in [0.2, 0.25) is 0 Å². The third kappa shape index (κ3) is 5.73. The van der Waals surface area contributed by atoms with E-state index in [1.807, 2.05) is 18.2 Å². The summed E-state index contributed by atoms with van der Waals surface area (Å²) >= 11 is 0. The number of benzene rings is 9. The van der Waals surface area contributed by atoms with Crippen LogP contribution in [0.25, 0.3) is 106 Å². The molecule has 0 unspecified atom stereocenters. The van der Waals surface area contributed by atoms with Crippen molar-refractivity contribution >= 4 is 32.6 Å². The Morgan fingerprint density at radius 1 is 0.371 bits per heavy atom. The average molecular weight is 792 g/mol. The predicted octanol–water partition coefficient (Wildman–Crippen LogP) is 15.4. The number of para-hydroxylation sites is 3. The van der Waals surface area contributed by atoms with Crippen molar-refractivity contribution in [3.63, 3.8) is 0 Å². The Morgan fingerprint density at radius 2 is 0.887 bits per heavy atom. The molecule has 0 fully saturated rings. The average Bonchev–Trinajstić information content (AvgIpc) is 3.79. The number of aromatic nitrogens is 3. The Labute approximate surface area is 361 Å². The van der Waals surface area contributed by atoms with Gasteiger partial charge in [-0.05, 0) is 86.1 Å². The highest BCUT2D eigenvalue weighted by atomic mass is 15.0. The van der Waals surface area contributed by atoms with E-state index >= 15 is 0 Å². The van der Waals surface area contributed by atoms with Crippen molar-refractivity contribution in [1.29, 1.82) is 0 Å². The van der Waals surface area contributed by atoms with Gasteiger partial charge in [-0.1, -0.05) is 190 Å². The van der Waals surface area contributed by atoms with Gasteiger partial charge in [0.2, 0.25) is 0 Å². The quantitative estimate of drug-likeness (QED) is 0.168. The predicted molar refractivity (Wildman–Crippen MR) is 259 cm³/mol. The van der Waals surface area contributed by atoms with E-state index in [1.165, 1.54) is 71.5 Å². The van der Waals surface area contributed by atoms with Crippen LogP contribution in [0.3, 0.4) is 0 Å². The second kappa shape index (κ2) is 14.1. The monoisotopic (exact) mass is 791 g/mol. The van der Waals surface area contributed by atoms with Crippen molar-refractivity contribution in [2.75, 3.05) is 0 Å². The zero-order valence-corrected chi connectivity index (χ0v) is 34.5. The lowest BCUT2D eigenvalue weighted by Gasteiger charge is -2.22. The molecule has 0 aliphatic heterocycles. The van der Waals surface area contributed by atoms with Crippen LogP contribution in [-0.2, 0) is 5.41 Å². The maximum Gasteiger partial charge on any atom is 0.160 e. The lowest BCUT2D eigenvalue weighted by atomic mass is 9.81. The standard InChI is InChI=1S/C59H41N3/c1-59(2)50-23-14-22-46(57(50)49-35-43-17-6-7-18-44(43)36-51(49)59)39-29-33-41(34-30-39)53-37-52(60-58(61-53)42-15-4-3-5-16-42)40-31-27-38(28-32-40)45-19-8-11-24-54(45)62-55-25-12-9-20-47(55)48-21-10-13-26-56(48)62/h3-37H,1-2H3. The first kappa shape index (κ1) is 36.0. The number of hydrogen-bond acceptors (Lipinski definition) is 2. The van der Waals surface area contributed by atoms with Crippen molar-refractivity contribution in [2.24, 2.45) is 0 Å². The highest BCUT2D eigenvalue weighted by Crippen LogP contribution is 2.53. The Balaban J connectivity index is 0.928. The third-order valence-corrected chi connectivity index (χ3v) is 13.0. The summed E-state index contributed by atoms with van der Waals surface area (Å²) in [5, 5.41) is 5.06. The molecular weight excluding hydrogens is 751 g/mol. The van der Waals surface area contributed by atoms with Gasteiger partial charge in [0.15, 0.2) is 5.82 Å². The van der Waals surface area contributed by atoms with Crippen LogP contribution in [0.1, 0.15) is 25.0 Å². The van der Waals surface area contributed by atoms with E-state index in [0.717, 1.165) is 39.3 Å². The van der Waals surface area contributed by atoms with Crippen LogP contribution < -0.4 is 0 Å². The van der Waals surface area contributed by atoms with Crippen LogP contribution >= 0.6 is 0 Å². The molecule has 2 heterocycles. The van der Waals surface area contributed by atoms with E-state index in [0.29, 0.717) is 5.82 Å². The lowest BCUT2D eigenvalue weighted by Crippen LogP contribution is -2.14. The molecule has 2 aromatic heterocycles. The van der Waals surface area contributed by atoms with E-state index in [1.54, 1.807) is 0 Å². The Bertz CT molecular complexity index is 3470. The number of fused-ring (bicyclic) bond motifs is 7. The van der Waals surface area contributed by atoms with Gasteiger partial charge in [0.05, 0.1) is 28.1 Å². The second-order valence-corrected chi connectivity index (χ2v) is 17.0. The maximum atomic E-state index is 5.18. The molecule has 0 radical (unpaired) electrons. The molecule has 0 bridgehead atoms. The van der Waals surface area contributed by atoms with Crippen molar-refractivity contribution in [2.45, 2.75) is 19.3 Å². The summed E-state index contributed by atoms with van der Waals surface area (Å²) < 4.78 is 2.40. The second-order valence-electron chi connectivity index (χ2n) is 17.0. The summed E-state index contributed by atoms with van der Waals surface area (Å²) in [6, 6.07) is 76.5. The minimum Gasteiger partial charge on any atom is -0.309 e. The summed E-state index contributed by atoms with van der Waals surface area (Å²) in [6.07, 6.45) is 0. The van der Waals surface area contributed by atoms with E-state index in [9.17, 15) is 0 Å². The molecule has 0 spiro atoms. The fraction of sp³-hybridized carbons (Fsp3) is 0.0508. The Kier molecular flexibility index (Phi) is 8.20. The first-order valence-electron chi connectivity index (χ1n) is 21.4.